The van der Waals surface area contributed by atoms with Crippen LogP contribution < -0.4 is 0 Å². The van der Waals surface area contributed by atoms with Crippen LogP contribution in [0.1, 0.15) is 0 Å². The van der Waals surface area contributed by atoms with Gasteiger partial charge in [-0.25, -0.2) is 0 Å². The smallest absolute Gasteiger partial charge is 0.0541 e. The van der Waals surface area contributed by atoms with E-state index in [4.69, 9.17) is 0 Å². The number of rotatable bonds is 2. The molecule has 7 aromatic carbocycles. The van der Waals surface area contributed by atoms with Crippen LogP contribution in [0.3, 0.4) is 0 Å². The van der Waals surface area contributed by atoms with Gasteiger partial charge in [-0.05, 0) is 69.1 Å². The predicted molar refractivity (Wildman–Crippen MR) is 174 cm³/mol. The highest BCUT2D eigenvalue weighted by molar-refractivity contribution is 7.26. The molecule has 0 N–H and O–H groups in total. The van der Waals surface area contributed by atoms with E-state index in [9.17, 15) is 0 Å². The molecule has 0 spiro atoms. The van der Waals surface area contributed by atoms with Crippen molar-refractivity contribution in [1.82, 2.24) is 4.57 Å². The van der Waals surface area contributed by atoms with Gasteiger partial charge in [0.1, 0.15) is 0 Å². The second-order valence-electron chi connectivity index (χ2n) is 10.6. The molecule has 186 valence electrons. The Labute approximate surface area is 235 Å². The summed E-state index contributed by atoms with van der Waals surface area (Å²) in [4.78, 5) is 0. The zero-order valence-electron chi connectivity index (χ0n) is 21.6. The first-order valence-corrected chi connectivity index (χ1v) is 14.5. The van der Waals surface area contributed by atoms with E-state index in [-0.39, 0.29) is 0 Å². The standard InChI is InChI=1S/C38H23NS/c1-2-9-28-24(8-1)16-17-25-18-20-27(23-33(25)28)39-35-14-5-3-10-30(35)34-22-26(19-21-36(34)39)29-12-7-13-32-31-11-4-6-15-37(31)40-38(29)32/h1-23H. The van der Waals surface area contributed by atoms with Crippen molar-refractivity contribution in [3.05, 3.63) is 140 Å². The maximum Gasteiger partial charge on any atom is 0.0541 e. The van der Waals surface area contributed by atoms with Crippen molar-refractivity contribution in [1.29, 1.82) is 0 Å². The molecule has 0 aliphatic heterocycles. The van der Waals surface area contributed by atoms with E-state index in [0.717, 1.165) is 0 Å². The maximum absolute atomic E-state index is 2.43. The van der Waals surface area contributed by atoms with Gasteiger partial charge in [0.15, 0.2) is 0 Å². The molecule has 0 saturated heterocycles. The molecule has 0 saturated carbocycles. The summed E-state index contributed by atoms with van der Waals surface area (Å²) in [6, 6.07) is 51.3. The van der Waals surface area contributed by atoms with Crippen molar-refractivity contribution in [2.24, 2.45) is 0 Å². The van der Waals surface area contributed by atoms with Crippen molar-refractivity contribution in [2.75, 3.05) is 0 Å². The van der Waals surface area contributed by atoms with Crippen LogP contribution >= 0.6 is 11.3 Å². The SMILES string of the molecule is c1ccc2c(c1)ccc1ccc(-n3c4ccccc4c4cc(-c5cccc6c5sc5ccccc56)ccc43)cc12. The molecule has 0 aliphatic rings. The molecular weight excluding hydrogens is 502 g/mol. The van der Waals surface area contributed by atoms with E-state index < -0.39 is 0 Å². The van der Waals surface area contributed by atoms with Gasteiger partial charge in [0.05, 0.1) is 11.0 Å². The minimum atomic E-state index is 1.19. The Morgan fingerprint density at radius 2 is 1.12 bits per heavy atom. The predicted octanol–water partition coefficient (Wildman–Crippen LogP) is 11.1. The van der Waals surface area contributed by atoms with Gasteiger partial charge < -0.3 is 4.57 Å². The molecule has 40 heavy (non-hydrogen) atoms. The Bertz CT molecular complexity index is 2440. The quantitative estimate of drug-likeness (QED) is 0.198. The summed E-state index contributed by atoms with van der Waals surface area (Å²) in [7, 11) is 0. The molecule has 2 heteroatoms. The van der Waals surface area contributed by atoms with Crippen molar-refractivity contribution in [2.45, 2.75) is 0 Å². The molecule has 0 bridgehead atoms. The average molecular weight is 526 g/mol. The normalized spacial score (nSPS) is 12.0. The van der Waals surface area contributed by atoms with Crippen LogP contribution in [0, 0.1) is 0 Å². The number of aromatic nitrogens is 1. The molecule has 2 heterocycles. The van der Waals surface area contributed by atoms with Crippen LogP contribution in [0.25, 0.3) is 80.3 Å². The molecule has 0 atom stereocenters. The lowest BCUT2D eigenvalue weighted by molar-refractivity contribution is 1.19. The molecule has 0 amide bonds. The summed E-state index contributed by atoms with van der Waals surface area (Å²) in [5.41, 5.74) is 6.21. The van der Waals surface area contributed by atoms with E-state index in [2.05, 4.69) is 144 Å². The molecule has 9 aromatic rings. The zero-order chi connectivity index (χ0) is 26.2. The average Bonchev–Trinajstić information content (AvgIpc) is 3.56. The monoisotopic (exact) mass is 525 g/mol. The molecule has 0 radical (unpaired) electrons. The van der Waals surface area contributed by atoms with Gasteiger partial charge in [0.2, 0.25) is 0 Å². The third kappa shape index (κ3) is 3.08. The fourth-order valence-electron chi connectivity index (χ4n) is 6.52. The first-order valence-electron chi connectivity index (χ1n) is 13.7. The Hall–Kier alpha value is -4.92. The lowest BCUT2D eigenvalue weighted by atomic mass is 10.0. The largest absolute Gasteiger partial charge is 0.309 e. The van der Waals surface area contributed by atoms with Crippen LogP contribution in [0.2, 0.25) is 0 Å². The number of para-hydroxylation sites is 1. The summed E-state index contributed by atoms with van der Waals surface area (Å²) in [5, 5.41) is 10.4. The highest BCUT2D eigenvalue weighted by Gasteiger charge is 2.16. The Balaban J connectivity index is 1.31. The Morgan fingerprint density at radius 1 is 0.425 bits per heavy atom. The molecule has 0 aliphatic carbocycles. The van der Waals surface area contributed by atoms with Gasteiger partial charge >= 0.3 is 0 Å². The minimum Gasteiger partial charge on any atom is -0.309 e. The third-order valence-corrected chi connectivity index (χ3v) is 9.60. The zero-order valence-corrected chi connectivity index (χ0v) is 22.5. The number of nitrogens with zero attached hydrogens (tertiary/aromatic N) is 1. The molecule has 2 aromatic heterocycles. The summed E-state index contributed by atoms with van der Waals surface area (Å²) >= 11 is 1.89. The van der Waals surface area contributed by atoms with E-state index in [1.807, 2.05) is 11.3 Å². The van der Waals surface area contributed by atoms with Gasteiger partial charge in [0.25, 0.3) is 0 Å². The number of thiophene rings is 1. The summed E-state index contributed by atoms with van der Waals surface area (Å²) < 4.78 is 5.12. The summed E-state index contributed by atoms with van der Waals surface area (Å²) in [6.07, 6.45) is 0. The lowest BCUT2D eigenvalue weighted by Gasteiger charge is -2.11. The maximum atomic E-state index is 2.43. The van der Waals surface area contributed by atoms with E-state index >= 15 is 0 Å². The van der Waals surface area contributed by atoms with E-state index in [1.54, 1.807) is 0 Å². The first kappa shape index (κ1) is 22.0. The fraction of sp³-hybridized carbons (Fsp3) is 0. The highest BCUT2D eigenvalue weighted by atomic mass is 32.1. The molecule has 0 unspecified atom stereocenters. The first-order chi connectivity index (χ1) is 19.8. The second-order valence-corrected chi connectivity index (χ2v) is 11.6. The molecule has 1 nitrogen and oxygen atoms in total. The number of fused-ring (bicyclic) bond motifs is 9. The number of hydrogen-bond acceptors (Lipinski definition) is 1. The second kappa shape index (κ2) is 8.29. The van der Waals surface area contributed by atoms with Gasteiger partial charge in [0, 0.05) is 36.6 Å². The van der Waals surface area contributed by atoms with Crippen molar-refractivity contribution in [3.63, 3.8) is 0 Å². The van der Waals surface area contributed by atoms with Crippen LogP contribution in [0.4, 0.5) is 0 Å². The Morgan fingerprint density at radius 3 is 2.05 bits per heavy atom. The highest BCUT2D eigenvalue weighted by Crippen LogP contribution is 2.42. The molecule has 9 rings (SSSR count). The topological polar surface area (TPSA) is 4.93 Å². The third-order valence-electron chi connectivity index (χ3n) is 8.38. The van der Waals surface area contributed by atoms with Crippen molar-refractivity contribution >= 4 is 74.9 Å². The van der Waals surface area contributed by atoms with Gasteiger partial charge in [-0.3, -0.25) is 0 Å². The number of hydrogen-bond donors (Lipinski definition) is 0. The van der Waals surface area contributed by atoms with Gasteiger partial charge in [-0.15, -0.1) is 11.3 Å². The van der Waals surface area contributed by atoms with Crippen molar-refractivity contribution in [3.8, 4) is 16.8 Å². The lowest BCUT2D eigenvalue weighted by Crippen LogP contribution is -1.94. The number of benzene rings is 7. The fourth-order valence-corrected chi connectivity index (χ4v) is 7.76. The van der Waals surface area contributed by atoms with Crippen LogP contribution in [-0.4, -0.2) is 4.57 Å². The minimum absolute atomic E-state index is 1.19. The van der Waals surface area contributed by atoms with E-state index in [0.29, 0.717) is 0 Å². The van der Waals surface area contributed by atoms with Gasteiger partial charge in [-0.2, -0.15) is 0 Å². The van der Waals surface area contributed by atoms with Crippen LogP contribution in [0.15, 0.2) is 140 Å². The van der Waals surface area contributed by atoms with Gasteiger partial charge in [-0.1, -0.05) is 103 Å². The summed E-state index contributed by atoms with van der Waals surface area (Å²) in [5.74, 6) is 0. The summed E-state index contributed by atoms with van der Waals surface area (Å²) in [6.45, 7) is 0. The van der Waals surface area contributed by atoms with Crippen LogP contribution in [-0.2, 0) is 0 Å². The van der Waals surface area contributed by atoms with E-state index in [1.165, 1.54) is 80.3 Å². The van der Waals surface area contributed by atoms with Crippen molar-refractivity contribution < 1.29 is 0 Å². The molecule has 0 fully saturated rings. The van der Waals surface area contributed by atoms with Crippen LogP contribution in [0.5, 0.6) is 0 Å². The molecular formula is C38H23NS. The Kier molecular flexibility index (Phi) is 4.55.